The van der Waals surface area contributed by atoms with Crippen molar-refractivity contribution in [3.63, 3.8) is 0 Å². The Labute approximate surface area is 438 Å². The molecule has 360 valence electrons. The molecule has 0 saturated heterocycles. The fourth-order valence-electron chi connectivity index (χ4n) is 11.8. The lowest BCUT2D eigenvalue weighted by atomic mass is 9.78. The molecule has 1 aliphatic carbocycles. The van der Waals surface area contributed by atoms with Crippen LogP contribution in [0.4, 0.5) is 17.1 Å². The van der Waals surface area contributed by atoms with Gasteiger partial charge in [0.05, 0.1) is 11.4 Å². The summed E-state index contributed by atoms with van der Waals surface area (Å²) in [5, 5.41) is 4.92. The molecule has 0 amide bonds. The van der Waals surface area contributed by atoms with Gasteiger partial charge in [0.2, 0.25) is 0 Å². The van der Waals surface area contributed by atoms with Crippen molar-refractivity contribution in [2.45, 2.75) is 71.6 Å². The van der Waals surface area contributed by atoms with Crippen molar-refractivity contribution < 1.29 is 0 Å². The molecule has 11 aromatic rings. The molecule has 11 aromatic carbocycles. The number of rotatable bonds is 8. The van der Waals surface area contributed by atoms with Gasteiger partial charge in [-0.3, -0.25) is 0 Å². The molecule has 0 spiro atoms. The Morgan fingerprint density at radius 3 is 1.58 bits per heavy atom. The van der Waals surface area contributed by atoms with Gasteiger partial charge in [-0.1, -0.05) is 268 Å². The molecule has 0 aromatic heterocycles. The van der Waals surface area contributed by atoms with Crippen molar-refractivity contribution >= 4 is 38.6 Å². The monoisotopic (exact) mass is 953 g/mol. The summed E-state index contributed by atoms with van der Waals surface area (Å²) >= 11 is 0. The van der Waals surface area contributed by atoms with Gasteiger partial charge in [0.15, 0.2) is 0 Å². The molecular formula is C73H63N. The Bertz CT molecular complexity index is 3890. The zero-order valence-corrected chi connectivity index (χ0v) is 44.0. The van der Waals surface area contributed by atoms with Gasteiger partial charge in [-0.25, -0.2) is 0 Å². The van der Waals surface area contributed by atoms with Crippen molar-refractivity contribution in [2.75, 3.05) is 4.90 Å². The normalized spacial score (nSPS) is 13.0. The third-order valence-electron chi connectivity index (χ3n) is 15.8. The summed E-state index contributed by atoms with van der Waals surface area (Å²) in [7, 11) is 0. The van der Waals surface area contributed by atoms with Gasteiger partial charge >= 0.3 is 0 Å². The van der Waals surface area contributed by atoms with Gasteiger partial charge in [-0.15, -0.1) is 0 Å². The first kappa shape index (κ1) is 46.8. The molecular weight excluding hydrogens is 891 g/mol. The molecule has 0 heterocycles. The molecule has 1 aliphatic rings. The van der Waals surface area contributed by atoms with Crippen LogP contribution in [0.2, 0.25) is 0 Å². The van der Waals surface area contributed by atoms with Crippen LogP contribution in [-0.4, -0.2) is 0 Å². The molecule has 1 heteroatoms. The number of para-hydroxylation sites is 1. The Morgan fingerprint density at radius 1 is 0.324 bits per heavy atom. The fourth-order valence-corrected chi connectivity index (χ4v) is 11.8. The molecule has 0 unspecified atom stereocenters. The number of benzene rings is 11. The molecule has 0 fully saturated rings. The fraction of sp³-hybridized carbons (Fsp3) is 0.151. The maximum atomic E-state index is 2.53. The first-order valence-electron chi connectivity index (χ1n) is 26.3. The summed E-state index contributed by atoms with van der Waals surface area (Å²) in [5.74, 6) is 0. The van der Waals surface area contributed by atoms with E-state index in [0.29, 0.717) is 0 Å². The summed E-state index contributed by atoms with van der Waals surface area (Å²) in [4.78, 5) is 2.53. The molecule has 0 aliphatic heterocycles. The predicted molar refractivity (Wildman–Crippen MR) is 318 cm³/mol. The van der Waals surface area contributed by atoms with Crippen LogP contribution in [-0.2, 0) is 16.2 Å². The number of hydrogen-bond acceptors (Lipinski definition) is 1. The van der Waals surface area contributed by atoms with Gasteiger partial charge in [-0.05, 0) is 135 Å². The number of nitrogens with zero attached hydrogens (tertiary/aromatic N) is 1. The van der Waals surface area contributed by atoms with E-state index in [0.717, 1.165) is 39.3 Å². The van der Waals surface area contributed by atoms with E-state index in [1.54, 1.807) is 0 Å². The Kier molecular flexibility index (Phi) is 11.4. The van der Waals surface area contributed by atoms with Crippen LogP contribution >= 0.6 is 0 Å². The molecule has 1 nitrogen and oxygen atoms in total. The van der Waals surface area contributed by atoms with Gasteiger partial charge in [0.1, 0.15) is 0 Å². The topological polar surface area (TPSA) is 3.24 Å². The van der Waals surface area contributed by atoms with E-state index >= 15 is 0 Å². The highest BCUT2D eigenvalue weighted by atomic mass is 15.1. The second kappa shape index (κ2) is 18.0. The summed E-state index contributed by atoms with van der Waals surface area (Å²) in [6.45, 7) is 18.7. The molecule has 12 rings (SSSR count). The van der Waals surface area contributed by atoms with E-state index in [-0.39, 0.29) is 16.2 Å². The maximum absolute atomic E-state index is 2.53. The van der Waals surface area contributed by atoms with Crippen molar-refractivity contribution in [3.8, 4) is 66.8 Å². The SMILES string of the molecule is CC(C)(C)c1cc(-c2cccc3cccc(-c4ccccc4N(c4ccc(-c5cccc6c5-c5ccccc5C6(C)C)cc4)c4cc(-c5cccc6ccccc56)ccc4-c4ccccc4)c23)cc(C(C)(C)C)c1. The van der Waals surface area contributed by atoms with Gasteiger partial charge in [0, 0.05) is 22.2 Å². The second-order valence-corrected chi connectivity index (χ2v) is 22.9. The minimum atomic E-state index is -0.0862. The van der Waals surface area contributed by atoms with Crippen molar-refractivity contribution in [1.82, 2.24) is 0 Å². The molecule has 0 saturated carbocycles. The highest BCUT2D eigenvalue weighted by Crippen LogP contribution is 2.53. The third kappa shape index (κ3) is 8.12. The van der Waals surface area contributed by atoms with Crippen molar-refractivity contribution in [1.29, 1.82) is 0 Å². The third-order valence-corrected chi connectivity index (χ3v) is 15.8. The Morgan fingerprint density at radius 2 is 0.851 bits per heavy atom. The zero-order valence-electron chi connectivity index (χ0n) is 44.0. The second-order valence-electron chi connectivity index (χ2n) is 22.9. The Hall–Kier alpha value is -8.26. The standard InChI is InChI=1S/C73H63N/c1-71(2,3)54-44-53(45-55(47-54)72(4,5)6)61-32-19-26-51-27-20-34-63(69(51)61)62-29-15-17-37-67(62)74(56-41-38-50(39-42-56)60-33-21-36-66-70(60)64-30-14-16-35-65(64)73(66,7)8)68-46-52(40-43-59(68)49-22-10-9-11-23-49)58-31-18-25-48-24-12-13-28-57(48)58/h9-47H,1-8H3. The molecule has 0 radical (unpaired) electrons. The van der Waals surface area contributed by atoms with E-state index in [1.165, 1.54) is 88.3 Å². The molecule has 0 bridgehead atoms. The van der Waals surface area contributed by atoms with Crippen LogP contribution in [0.5, 0.6) is 0 Å². The van der Waals surface area contributed by atoms with Gasteiger partial charge in [0.25, 0.3) is 0 Å². The van der Waals surface area contributed by atoms with Crippen LogP contribution in [0.1, 0.15) is 77.6 Å². The average Bonchev–Trinajstić information content (AvgIpc) is 3.66. The van der Waals surface area contributed by atoms with Crippen LogP contribution in [0.15, 0.2) is 237 Å². The average molecular weight is 954 g/mol. The van der Waals surface area contributed by atoms with E-state index in [9.17, 15) is 0 Å². The molecule has 0 N–H and O–H groups in total. The number of fused-ring (bicyclic) bond motifs is 5. The highest BCUT2D eigenvalue weighted by molar-refractivity contribution is 6.10. The minimum absolute atomic E-state index is 0.0231. The van der Waals surface area contributed by atoms with Crippen molar-refractivity contribution in [2.24, 2.45) is 0 Å². The highest BCUT2D eigenvalue weighted by Gasteiger charge is 2.36. The Balaban J connectivity index is 1.12. The number of hydrogen-bond donors (Lipinski definition) is 0. The van der Waals surface area contributed by atoms with Crippen LogP contribution < -0.4 is 4.90 Å². The summed E-state index contributed by atoms with van der Waals surface area (Å²) in [6.07, 6.45) is 0. The minimum Gasteiger partial charge on any atom is -0.309 e. The lowest BCUT2D eigenvalue weighted by Gasteiger charge is -2.31. The number of anilines is 3. The largest absolute Gasteiger partial charge is 0.309 e. The van der Waals surface area contributed by atoms with Crippen LogP contribution in [0.25, 0.3) is 88.3 Å². The molecule has 74 heavy (non-hydrogen) atoms. The summed E-state index contributed by atoms with van der Waals surface area (Å²) in [5.41, 5.74) is 23.3. The van der Waals surface area contributed by atoms with E-state index in [1.807, 2.05) is 0 Å². The zero-order chi connectivity index (χ0) is 50.9. The lowest BCUT2D eigenvalue weighted by Crippen LogP contribution is -2.16. The van der Waals surface area contributed by atoms with Crippen molar-refractivity contribution in [3.05, 3.63) is 259 Å². The van der Waals surface area contributed by atoms with Crippen LogP contribution in [0.3, 0.4) is 0 Å². The quantitative estimate of drug-likeness (QED) is 0.147. The van der Waals surface area contributed by atoms with E-state index in [2.05, 4.69) is 297 Å². The van der Waals surface area contributed by atoms with E-state index < -0.39 is 0 Å². The molecule has 0 atom stereocenters. The first-order chi connectivity index (χ1) is 35.7. The summed E-state index contributed by atoms with van der Waals surface area (Å²) < 4.78 is 0. The smallest absolute Gasteiger partial charge is 0.0546 e. The summed E-state index contributed by atoms with van der Waals surface area (Å²) in [6, 6.07) is 88.7. The lowest BCUT2D eigenvalue weighted by molar-refractivity contribution is 0.569. The maximum Gasteiger partial charge on any atom is 0.0546 e. The first-order valence-corrected chi connectivity index (χ1v) is 26.3. The predicted octanol–water partition coefficient (Wildman–Crippen LogP) is 20.7. The van der Waals surface area contributed by atoms with Gasteiger partial charge in [-0.2, -0.15) is 0 Å². The van der Waals surface area contributed by atoms with Crippen LogP contribution in [0, 0.1) is 0 Å². The van der Waals surface area contributed by atoms with Gasteiger partial charge < -0.3 is 4.90 Å². The van der Waals surface area contributed by atoms with E-state index in [4.69, 9.17) is 0 Å².